The van der Waals surface area contributed by atoms with Crippen molar-refractivity contribution in [1.82, 2.24) is 34.6 Å². The number of nitrogens with two attached hydrogens (primary N) is 1. The van der Waals surface area contributed by atoms with Gasteiger partial charge in [-0.2, -0.15) is 0 Å². The van der Waals surface area contributed by atoms with Crippen molar-refractivity contribution in [2.45, 2.75) is 69.9 Å². The molecule has 3 aromatic heterocycles. The van der Waals surface area contributed by atoms with Crippen molar-refractivity contribution < 1.29 is 19.0 Å². The van der Waals surface area contributed by atoms with Crippen molar-refractivity contribution in [3.8, 4) is 23.0 Å². The Bertz CT molecular complexity index is 1970. The molecule has 1 aliphatic carbocycles. The number of imidazole rings is 1. The van der Waals surface area contributed by atoms with E-state index in [1.54, 1.807) is 6.20 Å². The summed E-state index contributed by atoms with van der Waals surface area (Å²) in [6, 6.07) is 8.11. The van der Waals surface area contributed by atoms with Crippen LogP contribution in [0.25, 0.3) is 22.6 Å². The lowest BCUT2D eigenvalue weighted by atomic mass is 9.88. The molecule has 13 heteroatoms. The zero-order valence-corrected chi connectivity index (χ0v) is 27.4. The van der Waals surface area contributed by atoms with Crippen molar-refractivity contribution in [3.05, 3.63) is 82.6 Å². The molecule has 0 bridgehead atoms. The Morgan fingerprint density at radius 3 is 2.73 bits per heavy atom. The number of nitrogens with one attached hydrogen (secondary N) is 1. The molecule has 4 aromatic rings. The number of carbonyl (C=O) groups excluding carboxylic acids is 1. The van der Waals surface area contributed by atoms with Gasteiger partial charge in [0, 0.05) is 29.7 Å². The first kappa shape index (κ1) is 30.8. The Morgan fingerprint density at radius 1 is 1.12 bits per heavy atom. The van der Waals surface area contributed by atoms with Gasteiger partial charge in [-0.1, -0.05) is 42.0 Å². The Labute approximate surface area is 282 Å². The number of H-pyrrole nitrogens is 1. The number of fused-ring (bicyclic) bond motifs is 2. The second-order valence-corrected chi connectivity index (χ2v) is 13.3. The van der Waals surface area contributed by atoms with E-state index in [0.717, 1.165) is 97.3 Å². The first-order chi connectivity index (χ1) is 23.3. The monoisotopic (exact) mass is 668 g/mol. The summed E-state index contributed by atoms with van der Waals surface area (Å²) in [5, 5.41) is 8.59. The Balaban J connectivity index is 0.987. The quantitative estimate of drug-likeness (QED) is 0.253. The topological polar surface area (TPSA) is 146 Å². The summed E-state index contributed by atoms with van der Waals surface area (Å²) in [5.74, 6) is 1.73. The highest BCUT2D eigenvalue weighted by Crippen LogP contribution is 2.48. The van der Waals surface area contributed by atoms with E-state index in [9.17, 15) is 4.79 Å². The van der Waals surface area contributed by atoms with Crippen LogP contribution in [0, 0.1) is 0 Å². The summed E-state index contributed by atoms with van der Waals surface area (Å²) in [6.45, 7) is 6.04. The Morgan fingerprint density at radius 2 is 1.96 bits per heavy atom. The molecular formula is C35H37ClN8O4. The minimum absolute atomic E-state index is 0.00946. The van der Waals surface area contributed by atoms with Gasteiger partial charge in [0.1, 0.15) is 11.5 Å². The molecule has 3 aliphatic heterocycles. The van der Waals surface area contributed by atoms with Gasteiger partial charge < -0.3 is 29.5 Å². The summed E-state index contributed by atoms with van der Waals surface area (Å²) >= 11 is 6.32. The fourth-order valence-electron chi connectivity index (χ4n) is 6.94. The van der Waals surface area contributed by atoms with Crippen LogP contribution in [-0.4, -0.2) is 72.1 Å². The minimum atomic E-state index is -0.903. The van der Waals surface area contributed by atoms with Gasteiger partial charge in [0.25, 0.3) is 11.7 Å². The number of likely N-dealkylation sites (tertiary alicyclic amines) is 1. The second-order valence-electron chi connectivity index (χ2n) is 12.9. The smallest absolute Gasteiger partial charge is 0.286 e. The molecule has 3 N–H and O–H groups in total. The number of hydrogen-bond donors (Lipinski definition) is 2. The van der Waals surface area contributed by atoms with E-state index in [1.807, 2.05) is 37.3 Å². The summed E-state index contributed by atoms with van der Waals surface area (Å²) < 4.78 is 21.1. The average molecular weight is 669 g/mol. The maximum absolute atomic E-state index is 11.5. The molecule has 4 aliphatic rings. The molecule has 8 rings (SSSR count). The third-order valence-corrected chi connectivity index (χ3v) is 9.96. The van der Waals surface area contributed by atoms with Crippen molar-refractivity contribution in [2.24, 2.45) is 5.73 Å². The number of hydrogen-bond acceptors (Lipinski definition) is 9. The normalized spacial score (nSPS) is 25.8. The van der Waals surface area contributed by atoms with Gasteiger partial charge in [0.05, 0.1) is 36.4 Å². The molecule has 2 fully saturated rings. The SMILES string of the molecule is C[C@]1(C2=C/CC/C=C(Cl)/C=C\2)Oc2cccc(C3CCN(Cc4nc5cc(-c6nnc(C(N)=O)[nH]6)ncc5n4C[C@@H]4CCO4)CC3)c2O1. The predicted molar refractivity (Wildman–Crippen MR) is 180 cm³/mol. The molecule has 2 atom stereocenters. The largest absolute Gasteiger partial charge is 0.445 e. The summed E-state index contributed by atoms with van der Waals surface area (Å²) in [4.78, 5) is 26.5. The molecule has 0 radical (unpaired) electrons. The molecule has 6 heterocycles. The third kappa shape index (κ3) is 5.88. The first-order valence-corrected chi connectivity index (χ1v) is 16.9. The van der Waals surface area contributed by atoms with Crippen molar-refractivity contribution in [1.29, 1.82) is 0 Å². The highest BCUT2D eigenvalue weighted by Gasteiger charge is 2.42. The minimum Gasteiger partial charge on any atom is -0.445 e. The van der Waals surface area contributed by atoms with Gasteiger partial charge in [-0.05, 0) is 69.3 Å². The number of halogens is 1. The number of primary amides is 1. The molecule has 2 saturated heterocycles. The summed E-state index contributed by atoms with van der Waals surface area (Å²) in [6.07, 6.45) is 14.8. The molecule has 0 spiro atoms. The molecule has 12 nitrogen and oxygen atoms in total. The van der Waals surface area contributed by atoms with Gasteiger partial charge >= 0.3 is 0 Å². The van der Waals surface area contributed by atoms with Crippen LogP contribution < -0.4 is 15.2 Å². The number of benzene rings is 1. The van der Waals surface area contributed by atoms with Crippen molar-refractivity contribution in [3.63, 3.8) is 0 Å². The lowest BCUT2D eigenvalue weighted by Gasteiger charge is -2.33. The first-order valence-electron chi connectivity index (χ1n) is 16.5. The molecule has 1 aromatic carbocycles. The summed E-state index contributed by atoms with van der Waals surface area (Å²) in [5.41, 5.74) is 9.79. The van der Waals surface area contributed by atoms with Crippen LogP contribution >= 0.6 is 11.6 Å². The number of carbonyl (C=O) groups is 1. The molecular weight excluding hydrogens is 632 g/mol. The fraction of sp³-hybridized carbons (Fsp3) is 0.400. The molecule has 248 valence electrons. The number of rotatable bonds is 8. The lowest BCUT2D eigenvalue weighted by molar-refractivity contribution is -0.0592. The van der Waals surface area contributed by atoms with Crippen LogP contribution in [0.2, 0.25) is 0 Å². The zero-order chi connectivity index (χ0) is 32.8. The van der Waals surface area contributed by atoms with Crippen LogP contribution in [0.1, 0.15) is 67.0 Å². The van der Waals surface area contributed by atoms with E-state index in [2.05, 4.69) is 47.8 Å². The number of pyridine rings is 1. The Kier molecular flexibility index (Phi) is 8.02. The van der Waals surface area contributed by atoms with Gasteiger partial charge in [0.15, 0.2) is 17.3 Å². The van der Waals surface area contributed by atoms with E-state index in [-0.39, 0.29) is 11.9 Å². The predicted octanol–water partition coefficient (Wildman–Crippen LogP) is 5.37. The Hall–Kier alpha value is -4.52. The number of allylic oxidation sites excluding steroid dienone is 4. The number of aromatic amines is 1. The standard InChI is InChI=1S/C35H37ClN8O4/c1-35(22-5-2-3-6-23(36)10-9-22)47-29-8-4-7-25(31(29)48-35)21-11-14-43(15-12-21)20-30-39-26-17-27(33-40-34(32(37)45)42-41-33)38-18-28(26)44(30)19-24-13-16-46-24/h4-10,17-18,21,24H,2-3,11-16,19-20H2,1H3,(H2,37,45)(H,40,41,42)/b10-9-,22-5+,23-6-/t24-,35-/m0/s1. The van der Waals surface area contributed by atoms with Crippen LogP contribution in [0.5, 0.6) is 11.5 Å². The van der Waals surface area contributed by atoms with E-state index in [1.165, 1.54) is 5.56 Å². The van der Waals surface area contributed by atoms with Crippen molar-refractivity contribution >= 4 is 28.5 Å². The molecule has 48 heavy (non-hydrogen) atoms. The fourth-order valence-corrected chi connectivity index (χ4v) is 7.11. The van der Waals surface area contributed by atoms with Crippen LogP contribution in [0.15, 0.2) is 65.4 Å². The van der Waals surface area contributed by atoms with E-state index in [0.29, 0.717) is 24.0 Å². The maximum Gasteiger partial charge on any atom is 0.286 e. The maximum atomic E-state index is 11.5. The summed E-state index contributed by atoms with van der Waals surface area (Å²) in [7, 11) is 0. The molecule has 0 unspecified atom stereocenters. The van der Waals surface area contributed by atoms with Crippen molar-refractivity contribution in [2.75, 3.05) is 19.7 Å². The van der Waals surface area contributed by atoms with E-state index < -0.39 is 11.7 Å². The number of ether oxygens (including phenoxy) is 3. The van der Waals surface area contributed by atoms with Gasteiger partial charge in [-0.3, -0.25) is 14.7 Å². The second kappa shape index (κ2) is 12.5. The molecule has 0 saturated carbocycles. The average Bonchev–Trinajstić information content (AvgIpc) is 3.76. The zero-order valence-electron chi connectivity index (χ0n) is 26.7. The van der Waals surface area contributed by atoms with Crippen LogP contribution in [0.4, 0.5) is 0 Å². The number of para-hydroxylation sites is 1. The van der Waals surface area contributed by atoms with Crippen LogP contribution in [-0.2, 0) is 17.8 Å². The third-order valence-electron chi connectivity index (χ3n) is 9.68. The lowest BCUT2D eigenvalue weighted by Crippen LogP contribution is -2.37. The van der Waals surface area contributed by atoms with Gasteiger partial charge in [-0.15, -0.1) is 10.2 Å². The van der Waals surface area contributed by atoms with Gasteiger partial charge in [-0.25, -0.2) is 4.98 Å². The van der Waals surface area contributed by atoms with E-state index in [4.69, 9.17) is 36.5 Å². The highest BCUT2D eigenvalue weighted by molar-refractivity contribution is 6.31. The number of aromatic nitrogens is 6. The van der Waals surface area contributed by atoms with E-state index >= 15 is 0 Å². The molecule has 1 amide bonds. The van der Waals surface area contributed by atoms with Gasteiger partial charge in [0.2, 0.25) is 5.82 Å². The number of amides is 1. The van der Waals surface area contributed by atoms with Crippen LogP contribution in [0.3, 0.4) is 0 Å². The highest BCUT2D eigenvalue weighted by atomic mass is 35.5. The number of nitrogens with zero attached hydrogens (tertiary/aromatic N) is 6. The number of piperidine rings is 1.